The van der Waals surface area contributed by atoms with Crippen LogP contribution in [0.5, 0.6) is 0 Å². The molecule has 7 nitrogen and oxygen atoms in total. The number of aromatic nitrogens is 2. The van der Waals surface area contributed by atoms with Crippen LogP contribution in [0.1, 0.15) is 12.0 Å². The van der Waals surface area contributed by atoms with Crippen LogP contribution < -0.4 is 10.6 Å². The average Bonchev–Trinajstić information content (AvgIpc) is 2.76. The molecule has 0 radical (unpaired) electrons. The molecule has 0 unspecified atom stereocenters. The molecule has 0 aliphatic carbocycles. The number of aliphatic carboxylic acids is 1. The van der Waals surface area contributed by atoms with Gasteiger partial charge in [0.25, 0.3) is 0 Å². The van der Waals surface area contributed by atoms with Gasteiger partial charge < -0.3 is 20.6 Å². The Bertz CT molecular complexity index is 1080. The van der Waals surface area contributed by atoms with Crippen molar-refractivity contribution in [1.82, 2.24) is 14.9 Å². The molecular weight excluding hydrogens is 428 g/mol. The van der Waals surface area contributed by atoms with E-state index in [1.54, 1.807) is 18.3 Å². The number of halogens is 2. The number of allylic oxidation sites excluding steroid dienone is 5. The van der Waals surface area contributed by atoms with Crippen LogP contribution in [0.15, 0.2) is 67.4 Å². The lowest BCUT2D eigenvalue weighted by Gasteiger charge is -2.15. The van der Waals surface area contributed by atoms with Crippen LogP contribution in [-0.4, -0.2) is 53.1 Å². The quantitative estimate of drug-likeness (QED) is 0.244. The number of hydrogen-bond acceptors (Lipinski definition) is 6. The maximum absolute atomic E-state index is 13.5. The molecular formula is C24H27F2N5O2. The summed E-state index contributed by atoms with van der Waals surface area (Å²) >= 11 is 0. The molecule has 1 aromatic carbocycles. The van der Waals surface area contributed by atoms with Crippen molar-refractivity contribution in [3.05, 3.63) is 84.6 Å². The van der Waals surface area contributed by atoms with E-state index >= 15 is 0 Å². The van der Waals surface area contributed by atoms with Crippen molar-refractivity contribution < 1.29 is 18.7 Å². The van der Waals surface area contributed by atoms with Gasteiger partial charge in [0.2, 0.25) is 5.95 Å². The lowest BCUT2D eigenvalue weighted by atomic mass is 10.0. The van der Waals surface area contributed by atoms with Crippen LogP contribution in [-0.2, 0) is 4.79 Å². The Balaban J connectivity index is 2.36. The Hall–Kier alpha value is -3.85. The first-order valence-corrected chi connectivity index (χ1v) is 10.1. The first kappa shape index (κ1) is 25.4. The Labute approximate surface area is 191 Å². The number of rotatable bonds is 12. The molecule has 9 heteroatoms. The van der Waals surface area contributed by atoms with E-state index in [1.165, 1.54) is 12.1 Å². The van der Waals surface area contributed by atoms with Crippen LogP contribution in [0.2, 0.25) is 0 Å². The number of hydrogen-bond donors (Lipinski definition) is 3. The summed E-state index contributed by atoms with van der Waals surface area (Å²) in [6.07, 6.45) is 8.03. The molecule has 1 aromatic heterocycles. The average molecular weight is 456 g/mol. The van der Waals surface area contributed by atoms with Crippen molar-refractivity contribution in [2.24, 2.45) is 0 Å². The van der Waals surface area contributed by atoms with Gasteiger partial charge in [0.15, 0.2) is 11.6 Å². The minimum Gasteiger partial charge on any atom is -0.478 e. The highest BCUT2D eigenvalue weighted by Crippen LogP contribution is 2.26. The van der Waals surface area contributed by atoms with Crippen molar-refractivity contribution in [2.75, 3.05) is 37.8 Å². The summed E-state index contributed by atoms with van der Waals surface area (Å²) in [4.78, 5) is 21.6. The third-order valence-corrected chi connectivity index (χ3v) is 4.35. The zero-order chi connectivity index (χ0) is 24.4. The zero-order valence-corrected chi connectivity index (χ0v) is 18.6. The van der Waals surface area contributed by atoms with Crippen LogP contribution in [0.25, 0.3) is 5.57 Å². The van der Waals surface area contributed by atoms with E-state index in [1.807, 2.05) is 14.1 Å². The number of carboxylic acid groups (broad SMARTS) is 1. The van der Waals surface area contributed by atoms with Gasteiger partial charge in [-0.15, -0.1) is 0 Å². The van der Waals surface area contributed by atoms with Gasteiger partial charge in [-0.3, -0.25) is 0 Å². The summed E-state index contributed by atoms with van der Waals surface area (Å²) in [5, 5.41) is 14.9. The van der Waals surface area contributed by atoms with E-state index < -0.39 is 17.6 Å². The lowest BCUT2D eigenvalue weighted by molar-refractivity contribution is -0.131. The molecule has 1 heterocycles. The number of nitrogens with zero attached hydrogens (tertiary/aromatic N) is 3. The maximum Gasteiger partial charge on any atom is 0.328 e. The standard InChI is InChI=1S/C24H27F2N5O2/c1-5-17(13-16(2)7-10-22(32)33)19-15-28-24(29-18-8-9-20(25)21(26)14-18)30-23(19)27-11-6-12-31(3)4/h5,7-10,13-15H,1-2,6,11-12H2,3-4H3,(H,32,33)(H2,27,28,29,30)/b10-7+,17-13+. The minimum atomic E-state index is -1.08. The van der Waals surface area contributed by atoms with Crippen molar-refractivity contribution >= 4 is 29.0 Å². The van der Waals surface area contributed by atoms with Gasteiger partial charge in [-0.2, -0.15) is 4.98 Å². The van der Waals surface area contributed by atoms with Crippen LogP contribution >= 0.6 is 0 Å². The SMILES string of the molecule is C=C/C(=C\C(=C)/C=C/C(=O)O)c1cnc(Nc2ccc(F)c(F)c2)nc1NCCCN(C)C. The normalized spacial score (nSPS) is 11.6. The van der Waals surface area contributed by atoms with Crippen LogP contribution in [0.4, 0.5) is 26.2 Å². The number of carbonyl (C=O) groups is 1. The molecule has 0 atom stereocenters. The second-order valence-corrected chi connectivity index (χ2v) is 7.34. The van der Waals surface area contributed by atoms with E-state index in [-0.39, 0.29) is 5.95 Å². The molecule has 0 amide bonds. The second kappa shape index (κ2) is 12.3. The molecule has 3 N–H and O–H groups in total. The van der Waals surface area contributed by atoms with Crippen molar-refractivity contribution in [1.29, 1.82) is 0 Å². The van der Waals surface area contributed by atoms with E-state index in [9.17, 15) is 13.6 Å². The molecule has 0 saturated heterocycles. The van der Waals surface area contributed by atoms with Gasteiger partial charge in [0.05, 0.1) is 0 Å². The highest BCUT2D eigenvalue weighted by Gasteiger charge is 2.12. The predicted octanol–water partition coefficient (Wildman–Crippen LogP) is 4.63. The van der Waals surface area contributed by atoms with Crippen molar-refractivity contribution in [3.8, 4) is 0 Å². The molecule has 2 rings (SSSR count). The largest absolute Gasteiger partial charge is 0.478 e. The fourth-order valence-electron chi connectivity index (χ4n) is 2.77. The number of carboxylic acids is 1. The molecule has 2 aromatic rings. The number of anilines is 3. The van der Waals surface area contributed by atoms with Crippen molar-refractivity contribution in [2.45, 2.75) is 6.42 Å². The van der Waals surface area contributed by atoms with Gasteiger partial charge in [0, 0.05) is 36.1 Å². The first-order chi connectivity index (χ1) is 15.7. The topological polar surface area (TPSA) is 90.4 Å². The Morgan fingerprint density at radius 1 is 1.24 bits per heavy atom. The summed E-state index contributed by atoms with van der Waals surface area (Å²) in [7, 11) is 3.96. The smallest absolute Gasteiger partial charge is 0.328 e. The lowest BCUT2D eigenvalue weighted by Crippen LogP contribution is -2.17. The van der Waals surface area contributed by atoms with Gasteiger partial charge in [-0.25, -0.2) is 18.6 Å². The molecule has 0 bridgehead atoms. The third kappa shape index (κ3) is 8.30. The number of nitrogens with one attached hydrogen (secondary N) is 2. The molecule has 0 spiro atoms. The second-order valence-electron chi connectivity index (χ2n) is 7.34. The van der Waals surface area contributed by atoms with Crippen LogP contribution in [0.3, 0.4) is 0 Å². The summed E-state index contributed by atoms with van der Waals surface area (Å²) < 4.78 is 26.7. The van der Waals surface area contributed by atoms with Gasteiger partial charge >= 0.3 is 5.97 Å². The molecule has 33 heavy (non-hydrogen) atoms. The van der Waals surface area contributed by atoms with Crippen molar-refractivity contribution in [3.63, 3.8) is 0 Å². The Morgan fingerprint density at radius 3 is 2.64 bits per heavy atom. The zero-order valence-electron chi connectivity index (χ0n) is 18.6. The molecule has 0 aliphatic rings. The first-order valence-electron chi connectivity index (χ1n) is 10.1. The van der Waals surface area contributed by atoms with E-state index in [0.717, 1.165) is 31.2 Å². The molecule has 174 valence electrons. The summed E-state index contributed by atoms with van der Waals surface area (Å²) in [6.45, 7) is 9.15. The van der Waals surface area contributed by atoms with Gasteiger partial charge in [0.1, 0.15) is 5.82 Å². The fourth-order valence-corrected chi connectivity index (χ4v) is 2.77. The molecule has 0 saturated carbocycles. The summed E-state index contributed by atoms with van der Waals surface area (Å²) in [6, 6.07) is 3.42. The highest BCUT2D eigenvalue weighted by atomic mass is 19.2. The fraction of sp³-hybridized carbons (Fsp3) is 0.208. The van der Waals surface area contributed by atoms with E-state index in [2.05, 4.69) is 38.7 Å². The molecule has 0 aliphatic heterocycles. The molecule has 0 fully saturated rings. The van der Waals surface area contributed by atoms with E-state index in [4.69, 9.17) is 5.11 Å². The minimum absolute atomic E-state index is 0.188. The predicted molar refractivity (Wildman–Crippen MR) is 127 cm³/mol. The monoisotopic (exact) mass is 455 g/mol. The van der Waals surface area contributed by atoms with E-state index in [0.29, 0.717) is 34.8 Å². The summed E-state index contributed by atoms with van der Waals surface area (Å²) in [5.41, 5.74) is 2.00. The Morgan fingerprint density at radius 2 is 2.00 bits per heavy atom. The maximum atomic E-state index is 13.5. The number of benzene rings is 1. The van der Waals surface area contributed by atoms with Crippen LogP contribution in [0, 0.1) is 11.6 Å². The van der Waals surface area contributed by atoms with Gasteiger partial charge in [-0.1, -0.05) is 19.2 Å². The van der Waals surface area contributed by atoms with Gasteiger partial charge in [-0.05, 0) is 62.5 Å². The highest BCUT2D eigenvalue weighted by molar-refractivity contribution is 5.84. The third-order valence-electron chi connectivity index (χ3n) is 4.35. The summed E-state index contributed by atoms with van der Waals surface area (Å²) in [5.74, 6) is -2.33. The Kier molecular flexibility index (Phi) is 9.44.